The zero-order valence-corrected chi connectivity index (χ0v) is 24.2. The topological polar surface area (TPSA) is 96.9 Å². The van der Waals surface area contributed by atoms with Gasteiger partial charge in [0.05, 0.1) is 11.8 Å². The van der Waals surface area contributed by atoms with Crippen molar-refractivity contribution in [3.8, 4) is 5.75 Å². The molecule has 10 heteroatoms. The molecule has 0 spiro atoms. The maximum Gasteiger partial charge on any atom is 0.343 e. The summed E-state index contributed by atoms with van der Waals surface area (Å²) in [6.45, 7) is 0. The predicted octanol–water partition coefficient (Wildman–Crippen LogP) is 7.21. The second-order valence-corrected chi connectivity index (χ2v) is 10.6. The number of carbonyl (C=O) groups excluding carboxylic acids is 3. The van der Waals surface area contributed by atoms with E-state index in [0.29, 0.717) is 27.9 Å². The van der Waals surface area contributed by atoms with Crippen LogP contribution in [-0.4, -0.2) is 24.0 Å². The molecule has 190 valence electrons. The van der Waals surface area contributed by atoms with Gasteiger partial charge in [-0.25, -0.2) is 10.2 Å². The fourth-order valence-electron chi connectivity index (χ4n) is 3.19. The van der Waals surface area contributed by atoms with E-state index in [-0.39, 0.29) is 11.7 Å². The molecule has 0 fully saturated rings. The van der Waals surface area contributed by atoms with Crippen LogP contribution >= 0.6 is 47.8 Å². The average Bonchev–Trinajstić information content (AvgIpc) is 2.91. The molecule has 0 saturated carbocycles. The van der Waals surface area contributed by atoms with Crippen molar-refractivity contribution in [2.24, 2.45) is 5.10 Å². The van der Waals surface area contributed by atoms with Crippen LogP contribution in [0.25, 0.3) is 0 Å². The molecular weight excluding hydrogens is 682 g/mol. The Kier molecular flexibility index (Phi) is 9.22. The van der Waals surface area contributed by atoms with Gasteiger partial charge in [-0.05, 0) is 91.0 Å². The lowest BCUT2D eigenvalue weighted by Crippen LogP contribution is -2.18. The summed E-state index contributed by atoms with van der Waals surface area (Å²) in [6, 6.07) is 25.3. The van der Waals surface area contributed by atoms with Crippen molar-refractivity contribution in [3.05, 3.63) is 127 Å². The van der Waals surface area contributed by atoms with E-state index in [0.717, 1.165) is 13.4 Å². The molecule has 2 N–H and O–H groups in total. The molecule has 0 heterocycles. The molecule has 0 bridgehead atoms. The third kappa shape index (κ3) is 7.47. The number of esters is 1. The highest BCUT2D eigenvalue weighted by Crippen LogP contribution is 2.23. The number of hydrogen-bond acceptors (Lipinski definition) is 5. The van der Waals surface area contributed by atoms with Gasteiger partial charge in [0.25, 0.3) is 11.8 Å². The molecular formula is C28H18Br3N3O4. The monoisotopic (exact) mass is 697 g/mol. The van der Waals surface area contributed by atoms with Gasteiger partial charge in [0.15, 0.2) is 0 Å². The third-order valence-corrected chi connectivity index (χ3v) is 6.69. The first-order chi connectivity index (χ1) is 18.3. The van der Waals surface area contributed by atoms with Crippen LogP contribution in [0.15, 0.2) is 110 Å². The summed E-state index contributed by atoms with van der Waals surface area (Å²) in [5.74, 6) is -0.948. The average molecular weight is 700 g/mol. The highest BCUT2D eigenvalue weighted by molar-refractivity contribution is 9.11. The van der Waals surface area contributed by atoms with Crippen molar-refractivity contribution in [1.29, 1.82) is 0 Å². The molecule has 2 amide bonds. The summed E-state index contributed by atoms with van der Waals surface area (Å²) in [5.41, 5.74) is 4.73. The molecule has 0 aromatic heterocycles. The van der Waals surface area contributed by atoms with Crippen molar-refractivity contribution in [2.45, 2.75) is 0 Å². The van der Waals surface area contributed by atoms with Crippen LogP contribution in [0.2, 0.25) is 0 Å². The molecule has 38 heavy (non-hydrogen) atoms. The fraction of sp³-hybridized carbons (Fsp3) is 0. The normalized spacial score (nSPS) is 10.7. The van der Waals surface area contributed by atoms with Crippen molar-refractivity contribution < 1.29 is 19.1 Å². The molecule has 0 aliphatic carbocycles. The van der Waals surface area contributed by atoms with Gasteiger partial charge < -0.3 is 10.1 Å². The number of nitrogens with one attached hydrogen (secondary N) is 2. The summed E-state index contributed by atoms with van der Waals surface area (Å²) in [7, 11) is 0. The Morgan fingerprint density at radius 2 is 1.18 bits per heavy atom. The molecule has 0 aliphatic heterocycles. The fourth-order valence-corrected chi connectivity index (χ4v) is 4.10. The van der Waals surface area contributed by atoms with Crippen molar-refractivity contribution >= 4 is 77.5 Å². The lowest BCUT2D eigenvalue weighted by molar-refractivity contribution is 0.0733. The lowest BCUT2D eigenvalue weighted by Gasteiger charge is -2.08. The summed E-state index contributed by atoms with van der Waals surface area (Å²) in [6.07, 6.45) is 1.39. The van der Waals surface area contributed by atoms with Gasteiger partial charge in [0.1, 0.15) is 5.75 Å². The number of benzene rings is 4. The molecule has 0 aliphatic rings. The van der Waals surface area contributed by atoms with Crippen LogP contribution in [0.5, 0.6) is 5.75 Å². The molecule has 0 atom stereocenters. The van der Waals surface area contributed by atoms with Crippen LogP contribution in [0.3, 0.4) is 0 Å². The van der Waals surface area contributed by atoms with Crippen LogP contribution in [0.4, 0.5) is 5.69 Å². The number of halogens is 3. The van der Waals surface area contributed by atoms with Crippen LogP contribution in [0, 0.1) is 0 Å². The Labute approximate surface area is 243 Å². The van der Waals surface area contributed by atoms with Gasteiger partial charge in [-0.1, -0.05) is 47.8 Å². The van der Waals surface area contributed by atoms with E-state index >= 15 is 0 Å². The second-order valence-electron chi connectivity index (χ2n) is 7.82. The minimum atomic E-state index is -0.522. The highest BCUT2D eigenvalue weighted by Gasteiger charge is 2.12. The summed E-state index contributed by atoms with van der Waals surface area (Å²) >= 11 is 10.1. The first-order valence-corrected chi connectivity index (χ1v) is 13.4. The van der Waals surface area contributed by atoms with Gasteiger partial charge in [-0.2, -0.15) is 5.10 Å². The van der Waals surface area contributed by atoms with Crippen molar-refractivity contribution in [1.82, 2.24) is 5.43 Å². The number of ether oxygens (including phenoxy) is 1. The Hall–Kier alpha value is -3.60. The standard InChI is InChI=1S/C28H18Br3N3O4/c29-21-7-1-17(2-8-21)26(35)33-24-12-5-18(6-13-24)27(36)34-32-16-20-15-23(31)11-14-25(20)38-28(37)19-3-9-22(30)10-4-19/h1-16H,(H,33,35)(H,34,36)/b32-16-. The quantitative estimate of drug-likeness (QED) is 0.0923. The van der Waals surface area contributed by atoms with Crippen molar-refractivity contribution in [3.63, 3.8) is 0 Å². The Morgan fingerprint density at radius 3 is 1.82 bits per heavy atom. The number of carbonyl (C=O) groups is 3. The van der Waals surface area contributed by atoms with Gasteiger partial charge >= 0.3 is 5.97 Å². The van der Waals surface area contributed by atoms with Gasteiger partial charge in [-0.15, -0.1) is 0 Å². The Bertz CT molecular complexity index is 1500. The third-order valence-electron chi connectivity index (χ3n) is 5.14. The van der Waals surface area contributed by atoms with E-state index in [1.807, 2.05) is 0 Å². The molecule has 4 aromatic carbocycles. The van der Waals surface area contributed by atoms with Crippen molar-refractivity contribution in [2.75, 3.05) is 5.32 Å². The van der Waals surface area contributed by atoms with E-state index in [1.54, 1.807) is 91.0 Å². The first-order valence-electron chi connectivity index (χ1n) is 11.1. The maximum atomic E-state index is 12.5. The molecule has 0 saturated heterocycles. The zero-order valence-electron chi connectivity index (χ0n) is 19.5. The second kappa shape index (κ2) is 12.8. The first kappa shape index (κ1) is 27.4. The maximum absolute atomic E-state index is 12.5. The molecule has 0 radical (unpaired) electrons. The predicted molar refractivity (Wildman–Crippen MR) is 157 cm³/mol. The molecule has 4 aromatic rings. The number of hydrazone groups is 1. The van der Waals surface area contributed by atoms with E-state index in [4.69, 9.17) is 4.74 Å². The van der Waals surface area contributed by atoms with E-state index < -0.39 is 11.9 Å². The zero-order chi connectivity index (χ0) is 27.1. The van der Waals surface area contributed by atoms with E-state index in [2.05, 4.69) is 63.6 Å². The molecule has 7 nitrogen and oxygen atoms in total. The summed E-state index contributed by atoms with van der Waals surface area (Å²) < 4.78 is 8.01. The molecule has 0 unspecified atom stereocenters. The number of anilines is 1. The Balaban J connectivity index is 1.38. The van der Waals surface area contributed by atoms with Gasteiger partial charge in [-0.3, -0.25) is 9.59 Å². The largest absolute Gasteiger partial charge is 0.422 e. The van der Waals surface area contributed by atoms with Gasteiger partial charge in [0, 0.05) is 35.8 Å². The van der Waals surface area contributed by atoms with E-state index in [9.17, 15) is 14.4 Å². The molecule has 4 rings (SSSR count). The van der Waals surface area contributed by atoms with Crippen LogP contribution < -0.4 is 15.5 Å². The summed E-state index contributed by atoms with van der Waals surface area (Å²) in [5, 5.41) is 6.80. The van der Waals surface area contributed by atoms with Gasteiger partial charge in [0.2, 0.25) is 0 Å². The minimum Gasteiger partial charge on any atom is -0.422 e. The highest BCUT2D eigenvalue weighted by atomic mass is 79.9. The number of nitrogens with zero attached hydrogens (tertiary/aromatic N) is 1. The van der Waals surface area contributed by atoms with E-state index in [1.165, 1.54) is 6.21 Å². The number of amides is 2. The smallest absolute Gasteiger partial charge is 0.343 e. The van der Waals surface area contributed by atoms with Crippen LogP contribution in [-0.2, 0) is 0 Å². The van der Waals surface area contributed by atoms with Crippen LogP contribution in [0.1, 0.15) is 36.6 Å². The Morgan fingerprint density at radius 1 is 0.658 bits per heavy atom. The minimum absolute atomic E-state index is 0.259. The number of rotatable bonds is 7. The summed E-state index contributed by atoms with van der Waals surface area (Å²) in [4.78, 5) is 37.4. The number of hydrogen-bond donors (Lipinski definition) is 2. The SMILES string of the molecule is O=C(N/N=C\c1cc(Br)ccc1OC(=O)c1ccc(Br)cc1)c1ccc(NC(=O)c2ccc(Br)cc2)cc1. The lowest BCUT2D eigenvalue weighted by atomic mass is 10.1.